The zero-order valence-corrected chi connectivity index (χ0v) is 13.7. The van der Waals surface area contributed by atoms with Gasteiger partial charge in [0.2, 0.25) is 0 Å². The lowest BCUT2D eigenvalue weighted by Crippen LogP contribution is -2.02. The molecule has 0 radical (unpaired) electrons. The van der Waals surface area contributed by atoms with Crippen LogP contribution >= 0.6 is 11.6 Å². The maximum absolute atomic E-state index is 13.7. The number of furan rings is 1. The molecule has 4 aromatic rings. The third-order valence-corrected chi connectivity index (χ3v) is 4.14. The van der Waals surface area contributed by atoms with Crippen molar-refractivity contribution in [1.82, 2.24) is 9.55 Å². The van der Waals surface area contributed by atoms with Crippen LogP contribution in [0.4, 0.5) is 4.39 Å². The average molecular weight is 341 g/mol. The van der Waals surface area contributed by atoms with Gasteiger partial charge in [-0.15, -0.1) is 0 Å². The summed E-state index contributed by atoms with van der Waals surface area (Å²) < 4.78 is 21.4. The van der Waals surface area contributed by atoms with Gasteiger partial charge in [-0.25, -0.2) is 9.37 Å². The number of fused-ring (bicyclic) bond motifs is 1. The van der Waals surface area contributed by atoms with Crippen LogP contribution in [0.3, 0.4) is 0 Å². The molecule has 0 atom stereocenters. The largest absolute Gasteiger partial charge is 0.458 e. The molecule has 0 aliphatic rings. The lowest BCUT2D eigenvalue weighted by molar-refractivity contribution is 0.540. The maximum Gasteiger partial charge on any atom is 0.177 e. The van der Waals surface area contributed by atoms with Crippen LogP contribution in [0.2, 0.25) is 5.02 Å². The van der Waals surface area contributed by atoms with Crippen LogP contribution in [-0.2, 0) is 6.54 Å². The third-order valence-electron chi connectivity index (χ3n) is 3.90. The molecule has 0 aliphatic carbocycles. The quantitative estimate of drug-likeness (QED) is 0.497. The first-order valence-electron chi connectivity index (χ1n) is 7.57. The van der Waals surface area contributed by atoms with E-state index < -0.39 is 0 Å². The molecular formula is C19H14ClFN2O. The van der Waals surface area contributed by atoms with Gasteiger partial charge < -0.3 is 8.98 Å². The second-order valence-corrected chi connectivity index (χ2v) is 6.13. The number of rotatable bonds is 3. The van der Waals surface area contributed by atoms with Gasteiger partial charge in [0.25, 0.3) is 0 Å². The SMILES string of the molecule is Cc1ccc(-c2nc3ccc(F)cc3n2Cc2cccc(Cl)c2)o1. The van der Waals surface area contributed by atoms with Gasteiger partial charge in [0, 0.05) is 11.6 Å². The molecule has 4 rings (SSSR count). The summed E-state index contributed by atoms with van der Waals surface area (Å²) in [6, 6.07) is 15.9. The smallest absolute Gasteiger partial charge is 0.177 e. The van der Waals surface area contributed by atoms with Gasteiger partial charge in [0.15, 0.2) is 11.6 Å². The van der Waals surface area contributed by atoms with Gasteiger partial charge >= 0.3 is 0 Å². The van der Waals surface area contributed by atoms with E-state index in [1.807, 2.05) is 47.9 Å². The van der Waals surface area contributed by atoms with Crippen molar-refractivity contribution in [3.8, 4) is 11.6 Å². The second kappa shape index (κ2) is 5.80. The third kappa shape index (κ3) is 2.69. The summed E-state index contributed by atoms with van der Waals surface area (Å²) in [5.74, 6) is 1.84. The minimum Gasteiger partial charge on any atom is -0.458 e. The zero-order chi connectivity index (χ0) is 16.7. The highest BCUT2D eigenvalue weighted by Crippen LogP contribution is 2.28. The maximum atomic E-state index is 13.7. The highest BCUT2D eigenvalue weighted by atomic mass is 35.5. The molecule has 0 spiro atoms. The van der Waals surface area contributed by atoms with E-state index in [2.05, 4.69) is 4.98 Å². The molecule has 0 saturated carbocycles. The molecule has 0 bridgehead atoms. The van der Waals surface area contributed by atoms with Crippen LogP contribution in [0.25, 0.3) is 22.6 Å². The van der Waals surface area contributed by atoms with Gasteiger partial charge in [0.1, 0.15) is 11.6 Å². The van der Waals surface area contributed by atoms with E-state index in [0.717, 1.165) is 22.4 Å². The van der Waals surface area contributed by atoms with Crippen molar-refractivity contribution in [1.29, 1.82) is 0 Å². The van der Waals surface area contributed by atoms with E-state index in [1.165, 1.54) is 12.1 Å². The van der Waals surface area contributed by atoms with Gasteiger partial charge in [-0.2, -0.15) is 0 Å². The fourth-order valence-electron chi connectivity index (χ4n) is 2.82. The predicted octanol–water partition coefficient (Wildman–Crippen LogP) is 5.45. The summed E-state index contributed by atoms with van der Waals surface area (Å²) >= 11 is 6.09. The first-order valence-corrected chi connectivity index (χ1v) is 7.95. The van der Waals surface area contributed by atoms with Crippen LogP contribution in [0, 0.1) is 12.7 Å². The summed E-state index contributed by atoms with van der Waals surface area (Å²) in [6.07, 6.45) is 0. The van der Waals surface area contributed by atoms with Gasteiger partial charge in [-0.05, 0) is 55.0 Å². The van der Waals surface area contributed by atoms with Gasteiger partial charge in [-0.3, -0.25) is 0 Å². The lowest BCUT2D eigenvalue weighted by atomic mass is 10.2. The van der Waals surface area contributed by atoms with Crippen LogP contribution < -0.4 is 0 Å². The van der Waals surface area contributed by atoms with Crippen LogP contribution in [-0.4, -0.2) is 9.55 Å². The molecule has 3 nitrogen and oxygen atoms in total. The highest BCUT2D eigenvalue weighted by molar-refractivity contribution is 6.30. The molecule has 2 aromatic heterocycles. The zero-order valence-electron chi connectivity index (χ0n) is 13.0. The Balaban J connectivity index is 1.91. The molecule has 5 heteroatoms. The summed E-state index contributed by atoms with van der Waals surface area (Å²) in [6.45, 7) is 2.41. The molecule has 0 unspecified atom stereocenters. The van der Waals surface area contributed by atoms with E-state index in [1.54, 1.807) is 6.07 Å². The topological polar surface area (TPSA) is 31.0 Å². The lowest BCUT2D eigenvalue weighted by Gasteiger charge is -2.08. The standard InChI is InChI=1S/C19H14ClFN2O/c1-12-5-8-18(24-12)19-22-16-7-6-15(21)10-17(16)23(19)11-13-3-2-4-14(20)9-13/h2-10H,11H2,1H3. The number of halogens is 2. The van der Waals surface area contributed by atoms with Crippen molar-refractivity contribution in [2.24, 2.45) is 0 Å². The first-order chi connectivity index (χ1) is 11.6. The van der Waals surface area contributed by atoms with E-state index in [4.69, 9.17) is 16.0 Å². The number of hydrogen-bond donors (Lipinski definition) is 0. The van der Waals surface area contributed by atoms with Crippen molar-refractivity contribution in [2.45, 2.75) is 13.5 Å². The minimum atomic E-state index is -0.295. The number of aryl methyl sites for hydroxylation is 1. The fraction of sp³-hybridized carbons (Fsp3) is 0.105. The molecule has 120 valence electrons. The van der Waals surface area contributed by atoms with Crippen LogP contribution in [0.5, 0.6) is 0 Å². The fourth-order valence-corrected chi connectivity index (χ4v) is 3.03. The van der Waals surface area contributed by atoms with Crippen molar-refractivity contribution < 1.29 is 8.81 Å². The molecule has 0 saturated heterocycles. The van der Waals surface area contributed by atoms with Gasteiger partial charge in [0.05, 0.1) is 11.0 Å². The van der Waals surface area contributed by atoms with E-state index in [-0.39, 0.29) is 5.82 Å². The summed E-state index contributed by atoms with van der Waals surface area (Å²) in [5, 5.41) is 0.665. The Morgan fingerprint density at radius 1 is 1.12 bits per heavy atom. The molecule has 2 heterocycles. The molecular weight excluding hydrogens is 327 g/mol. The molecule has 0 aliphatic heterocycles. The Labute approximate surface area is 143 Å². The molecule has 0 N–H and O–H groups in total. The first kappa shape index (κ1) is 15.0. The average Bonchev–Trinajstić information content (AvgIpc) is 3.12. The van der Waals surface area contributed by atoms with Crippen molar-refractivity contribution in [3.05, 3.63) is 76.8 Å². The van der Waals surface area contributed by atoms with Crippen molar-refractivity contribution in [2.75, 3.05) is 0 Å². The Bertz CT molecular complexity index is 1030. The van der Waals surface area contributed by atoms with Crippen molar-refractivity contribution in [3.63, 3.8) is 0 Å². The van der Waals surface area contributed by atoms with E-state index in [9.17, 15) is 4.39 Å². The number of aromatic nitrogens is 2. The Kier molecular flexibility index (Phi) is 3.62. The summed E-state index contributed by atoms with van der Waals surface area (Å²) in [7, 11) is 0. The van der Waals surface area contributed by atoms with Gasteiger partial charge in [-0.1, -0.05) is 23.7 Å². The number of hydrogen-bond acceptors (Lipinski definition) is 2. The molecule has 0 fully saturated rings. The summed E-state index contributed by atoms with van der Waals surface area (Å²) in [4.78, 5) is 4.63. The van der Waals surface area contributed by atoms with Crippen molar-refractivity contribution >= 4 is 22.6 Å². The Morgan fingerprint density at radius 2 is 2.00 bits per heavy atom. The molecule has 24 heavy (non-hydrogen) atoms. The van der Waals surface area contributed by atoms with E-state index in [0.29, 0.717) is 23.2 Å². The second-order valence-electron chi connectivity index (χ2n) is 5.69. The normalized spacial score (nSPS) is 11.3. The Hall–Kier alpha value is -2.59. The number of benzene rings is 2. The number of nitrogens with zero attached hydrogens (tertiary/aromatic N) is 2. The van der Waals surface area contributed by atoms with Crippen LogP contribution in [0.1, 0.15) is 11.3 Å². The molecule has 0 amide bonds. The summed E-state index contributed by atoms with van der Waals surface area (Å²) in [5.41, 5.74) is 2.46. The monoisotopic (exact) mass is 340 g/mol. The number of imidazole rings is 1. The predicted molar refractivity (Wildman–Crippen MR) is 92.7 cm³/mol. The van der Waals surface area contributed by atoms with E-state index >= 15 is 0 Å². The highest BCUT2D eigenvalue weighted by Gasteiger charge is 2.16. The molecule has 2 aromatic carbocycles. The van der Waals surface area contributed by atoms with Crippen LogP contribution in [0.15, 0.2) is 59.0 Å². The minimum absolute atomic E-state index is 0.295. The Morgan fingerprint density at radius 3 is 2.75 bits per heavy atom.